The van der Waals surface area contributed by atoms with Gasteiger partial charge in [0, 0.05) is 11.8 Å². The largest absolute Gasteiger partial charge is 0.454 e. The molecular weight excluding hydrogens is 387 g/mol. The van der Waals surface area contributed by atoms with Crippen LogP contribution in [0.5, 0.6) is 11.5 Å². The van der Waals surface area contributed by atoms with Crippen LogP contribution < -0.4 is 10.3 Å². The van der Waals surface area contributed by atoms with Crippen LogP contribution in [0.25, 0.3) is 5.82 Å². The Bertz CT molecular complexity index is 1030. The van der Waals surface area contributed by atoms with Gasteiger partial charge in [-0.25, -0.2) is 4.98 Å². The Hall–Kier alpha value is -3.20. The Morgan fingerprint density at radius 3 is 2.33 bits per heavy atom. The Labute approximate surface area is 154 Å². The molecular formula is C17H9ClF3N3O3. The van der Waals surface area contributed by atoms with Crippen LogP contribution in [0.15, 0.2) is 53.6 Å². The van der Waals surface area contributed by atoms with Gasteiger partial charge in [-0.2, -0.15) is 23.0 Å². The molecule has 6 nitrogen and oxygen atoms in total. The van der Waals surface area contributed by atoms with E-state index in [9.17, 15) is 22.8 Å². The molecule has 0 fully saturated rings. The predicted octanol–water partition coefficient (Wildman–Crippen LogP) is 3.90. The molecule has 0 N–H and O–H groups in total. The van der Waals surface area contributed by atoms with Gasteiger partial charge in [-0.15, -0.1) is 0 Å². The first-order chi connectivity index (χ1) is 12.8. The molecule has 0 spiro atoms. The van der Waals surface area contributed by atoms with Gasteiger partial charge in [0.1, 0.15) is 12.0 Å². The van der Waals surface area contributed by atoms with Gasteiger partial charge in [-0.05, 0) is 36.4 Å². The molecule has 3 aromatic rings. The number of alkyl halides is 3. The summed E-state index contributed by atoms with van der Waals surface area (Å²) in [5, 5.41) is 3.50. The molecule has 0 bridgehead atoms. The normalized spacial score (nSPS) is 11.3. The lowest BCUT2D eigenvalue weighted by Gasteiger charge is -2.10. The van der Waals surface area contributed by atoms with Gasteiger partial charge in [0.25, 0.3) is 5.56 Å². The van der Waals surface area contributed by atoms with Crippen LogP contribution in [0.1, 0.15) is 15.9 Å². The minimum atomic E-state index is -4.54. The summed E-state index contributed by atoms with van der Waals surface area (Å²) in [7, 11) is 0. The Morgan fingerprint density at radius 2 is 1.78 bits per heavy atom. The van der Waals surface area contributed by atoms with E-state index in [1.54, 1.807) is 0 Å². The second-order valence-electron chi connectivity index (χ2n) is 5.23. The zero-order valence-electron chi connectivity index (χ0n) is 13.3. The van der Waals surface area contributed by atoms with Crippen LogP contribution in [-0.2, 0) is 6.18 Å². The van der Waals surface area contributed by atoms with Gasteiger partial charge in [0.05, 0.1) is 11.8 Å². The fourth-order valence-electron chi connectivity index (χ4n) is 2.07. The lowest BCUT2D eigenvalue weighted by molar-refractivity contribution is -0.137. The molecule has 2 aromatic heterocycles. The Morgan fingerprint density at radius 1 is 1.07 bits per heavy atom. The van der Waals surface area contributed by atoms with E-state index < -0.39 is 17.3 Å². The van der Waals surface area contributed by atoms with Gasteiger partial charge < -0.3 is 4.74 Å². The number of aldehydes is 1. The summed E-state index contributed by atoms with van der Waals surface area (Å²) in [6, 6.07) is 7.82. The third-order valence-electron chi connectivity index (χ3n) is 3.42. The fraction of sp³-hybridized carbons (Fsp3) is 0.0588. The summed E-state index contributed by atoms with van der Waals surface area (Å²) >= 11 is 6.00. The van der Waals surface area contributed by atoms with Crippen LogP contribution >= 0.6 is 11.6 Å². The Kier molecular flexibility index (Phi) is 4.95. The van der Waals surface area contributed by atoms with E-state index in [1.165, 1.54) is 24.3 Å². The molecule has 27 heavy (non-hydrogen) atoms. The molecule has 0 radical (unpaired) electrons. The second-order valence-corrected chi connectivity index (χ2v) is 5.61. The molecule has 0 saturated carbocycles. The highest BCUT2D eigenvalue weighted by Gasteiger charge is 2.30. The van der Waals surface area contributed by atoms with E-state index in [0.29, 0.717) is 23.8 Å². The zero-order valence-corrected chi connectivity index (χ0v) is 14.0. The number of ether oxygens (including phenoxy) is 1. The molecule has 138 valence electrons. The molecule has 3 rings (SSSR count). The average molecular weight is 396 g/mol. The molecule has 0 saturated heterocycles. The number of hydrogen-bond donors (Lipinski definition) is 0. The van der Waals surface area contributed by atoms with Crippen molar-refractivity contribution in [3.05, 3.63) is 75.3 Å². The van der Waals surface area contributed by atoms with Crippen LogP contribution in [-0.4, -0.2) is 21.1 Å². The highest BCUT2D eigenvalue weighted by atomic mass is 35.5. The SMILES string of the molecule is O=Cc1ccc(Oc2cnn(-c3ccc(C(F)(F)F)cn3)c(=O)c2Cl)cc1. The molecule has 1 aromatic carbocycles. The highest BCUT2D eigenvalue weighted by molar-refractivity contribution is 6.31. The molecule has 0 aliphatic rings. The molecule has 0 unspecified atom stereocenters. The van der Waals surface area contributed by atoms with Crippen LogP contribution in [0.3, 0.4) is 0 Å². The number of benzene rings is 1. The van der Waals surface area contributed by atoms with Crippen molar-refractivity contribution in [2.24, 2.45) is 0 Å². The van der Waals surface area contributed by atoms with Crippen molar-refractivity contribution < 1.29 is 22.7 Å². The number of carbonyl (C=O) groups is 1. The number of aromatic nitrogens is 3. The maximum Gasteiger partial charge on any atom is 0.417 e. The maximum absolute atomic E-state index is 12.6. The molecule has 0 atom stereocenters. The molecule has 0 aliphatic heterocycles. The number of carbonyl (C=O) groups excluding carboxylic acids is 1. The van der Waals surface area contributed by atoms with Crippen molar-refractivity contribution in [2.75, 3.05) is 0 Å². The highest BCUT2D eigenvalue weighted by Crippen LogP contribution is 2.29. The molecule has 10 heteroatoms. The summed E-state index contributed by atoms with van der Waals surface area (Å²) in [4.78, 5) is 26.6. The predicted molar refractivity (Wildman–Crippen MR) is 89.5 cm³/mol. The fourth-order valence-corrected chi connectivity index (χ4v) is 2.24. The first-order valence-electron chi connectivity index (χ1n) is 7.34. The van der Waals surface area contributed by atoms with Gasteiger partial charge in [0.15, 0.2) is 16.6 Å². The topological polar surface area (TPSA) is 74.1 Å². The van der Waals surface area contributed by atoms with E-state index in [-0.39, 0.29) is 16.6 Å². The zero-order chi connectivity index (χ0) is 19.6. The number of hydrogen-bond acceptors (Lipinski definition) is 5. The second kappa shape index (κ2) is 7.20. The number of rotatable bonds is 4. The number of pyridine rings is 1. The summed E-state index contributed by atoms with van der Waals surface area (Å²) in [5.74, 6) is 0.134. The summed E-state index contributed by atoms with van der Waals surface area (Å²) in [6.45, 7) is 0. The number of nitrogens with zero attached hydrogens (tertiary/aromatic N) is 3. The van der Waals surface area contributed by atoms with E-state index >= 15 is 0 Å². The third kappa shape index (κ3) is 3.98. The van der Waals surface area contributed by atoms with E-state index in [1.807, 2.05) is 0 Å². The van der Waals surface area contributed by atoms with Gasteiger partial charge in [0.2, 0.25) is 0 Å². The maximum atomic E-state index is 12.6. The van der Waals surface area contributed by atoms with Crippen molar-refractivity contribution in [1.29, 1.82) is 0 Å². The van der Waals surface area contributed by atoms with E-state index in [2.05, 4.69) is 10.1 Å². The van der Waals surface area contributed by atoms with Crippen molar-refractivity contribution in [3.8, 4) is 17.3 Å². The van der Waals surface area contributed by atoms with Gasteiger partial charge in [-0.1, -0.05) is 11.6 Å². The molecule has 2 heterocycles. The molecule has 0 amide bonds. The summed E-state index contributed by atoms with van der Waals surface area (Å²) in [6.07, 6.45) is -2.15. The number of halogens is 4. The lowest BCUT2D eigenvalue weighted by Crippen LogP contribution is -2.22. The lowest BCUT2D eigenvalue weighted by atomic mass is 10.2. The smallest absolute Gasteiger partial charge is 0.417 e. The molecule has 0 aliphatic carbocycles. The van der Waals surface area contributed by atoms with Crippen molar-refractivity contribution in [2.45, 2.75) is 6.18 Å². The monoisotopic (exact) mass is 395 g/mol. The van der Waals surface area contributed by atoms with E-state index in [4.69, 9.17) is 16.3 Å². The van der Waals surface area contributed by atoms with Crippen LogP contribution in [0.4, 0.5) is 13.2 Å². The van der Waals surface area contributed by atoms with Crippen molar-refractivity contribution in [3.63, 3.8) is 0 Å². The first-order valence-corrected chi connectivity index (χ1v) is 7.72. The van der Waals surface area contributed by atoms with Crippen LogP contribution in [0, 0.1) is 0 Å². The summed E-state index contributed by atoms with van der Waals surface area (Å²) in [5.41, 5.74) is -1.33. The van der Waals surface area contributed by atoms with Crippen molar-refractivity contribution >= 4 is 17.9 Å². The minimum absolute atomic E-state index is 0.0521. The standard InChI is InChI=1S/C17H9ClF3N3O3/c18-15-13(27-12-4-1-10(9-25)2-5-12)8-23-24(16(15)26)14-6-3-11(7-22-14)17(19,20)21/h1-9H. The van der Waals surface area contributed by atoms with Gasteiger partial charge >= 0.3 is 6.18 Å². The Balaban J connectivity index is 1.90. The van der Waals surface area contributed by atoms with Crippen molar-refractivity contribution in [1.82, 2.24) is 14.8 Å². The van der Waals surface area contributed by atoms with Crippen LogP contribution in [0.2, 0.25) is 5.02 Å². The first kappa shape index (κ1) is 18.6. The third-order valence-corrected chi connectivity index (χ3v) is 3.77. The quantitative estimate of drug-likeness (QED) is 0.626. The van der Waals surface area contributed by atoms with E-state index in [0.717, 1.165) is 23.0 Å². The average Bonchev–Trinajstić information content (AvgIpc) is 2.66. The van der Waals surface area contributed by atoms with Gasteiger partial charge in [-0.3, -0.25) is 9.59 Å². The minimum Gasteiger partial charge on any atom is -0.454 e. The summed E-state index contributed by atoms with van der Waals surface area (Å²) < 4.78 is 44.0.